The first-order valence-electron chi connectivity index (χ1n) is 12.3. The van der Waals surface area contributed by atoms with Gasteiger partial charge in [-0.15, -0.1) is 0 Å². The van der Waals surface area contributed by atoms with E-state index >= 15 is 0 Å². The van der Waals surface area contributed by atoms with Gasteiger partial charge in [-0.25, -0.2) is 24.4 Å². The number of piperidine rings is 1. The number of aromatic nitrogens is 2. The van der Waals surface area contributed by atoms with E-state index in [1.807, 2.05) is 19.0 Å². The number of carboxylic acid groups (broad SMARTS) is 3. The molecule has 1 unspecified atom stereocenters. The van der Waals surface area contributed by atoms with Gasteiger partial charge in [-0.3, -0.25) is 4.90 Å². The van der Waals surface area contributed by atoms with Gasteiger partial charge in [0.2, 0.25) is 0 Å². The van der Waals surface area contributed by atoms with Crippen LogP contribution >= 0.6 is 0 Å². The molecule has 1 aromatic rings. The molecule has 0 aromatic carbocycles. The Balaban J connectivity index is 0.000000721. The SMILES string of the molecule is CCOCC1CCN(C)C2(C1)CN(c1cc(N(C)C)ncn1)C2.O=C(O)C(F)(F)F.O=C(O)C(F)(F)F.O=C(O)C(F)(F)F. The summed E-state index contributed by atoms with van der Waals surface area (Å²) >= 11 is 0. The molecule has 1 atom stereocenters. The van der Waals surface area contributed by atoms with E-state index in [1.165, 1.54) is 12.8 Å². The van der Waals surface area contributed by atoms with E-state index in [0.29, 0.717) is 11.5 Å². The summed E-state index contributed by atoms with van der Waals surface area (Å²) in [5.41, 5.74) is 0.295. The maximum Gasteiger partial charge on any atom is 0.490 e. The fourth-order valence-corrected chi connectivity index (χ4v) is 3.79. The molecule has 12 nitrogen and oxygen atoms in total. The molecule has 2 fully saturated rings. The lowest BCUT2D eigenvalue weighted by Crippen LogP contribution is -2.72. The van der Waals surface area contributed by atoms with Crippen molar-refractivity contribution in [3.05, 3.63) is 12.4 Å². The Morgan fingerprint density at radius 3 is 1.73 bits per heavy atom. The van der Waals surface area contributed by atoms with Crippen molar-refractivity contribution < 1.29 is 74.0 Å². The molecule has 2 saturated heterocycles. The molecule has 0 saturated carbocycles. The van der Waals surface area contributed by atoms with Crippen LogP contribution in [0.5, 0.6) is 0 Å². The van der Waals surface area contributed by atoms with Gasteiger partial charge in [0.1, 0.15) is 18.0 Å². The van der Waals surface area contributed by atoms with Crippen LogP contribution in [0.3, 0.4) is 0 Å². The van der Waals surface area contributed by atoms with E-state index in [4.69, 9.17) is 34.4 Å². The lowest BCUT2D eigenvalue weighted by atomic mass is 9.75. The topological polar surface area (TPSA) is 157 Å². The first-order valence-corrected chi connectivity index (χ1v) is 12.3. The van der Waals surface area contributed by atoms with Crippen LogP contribution in [0.1, 0.15) is 19.8 Å². The smallest absolute Gasteiger partial charge is 0.475 e. The van der Waals surface area contributed by atoms with Crippen molar-refractivity contribution in [3.63, 3.8) is 0 Å². The summed E-state index contributed by atoms with van der Waals surface area (Å²) in [6.45, 7) is 7.07. The number of hydrogen-bond acceptors (Lipinski definition) is 9. The number of carboxylic acids is 3. The average molecular weight is 662 g/mol. The number of hydrogen-bond donors (Lipinski definition) is 3. The minimum Gasteiger partial charge on any atom is -0.475 e. The number of likely N-dealkylation sites (tertiary alicyclic amines) is 1. The number of aliphatic carboxylic acids is 3. The summed E-state index contributed by atoms with van der Waals surface area (Å²) < 4.78 is 101. The van der Waals surface area contributed by atoms with Gasteiger partial charge in [0.05, 0.1) is 5.54 Å². The molecule has 0 radical (unpaired) electrons. The van der Waals surface area contributed by atoms with Crippen molar-refractivity contribution in [2.45, 2.75) is 43.8 Å². The monoisotopic (exact) mass is 661 g/mol. The summed E-state index contributed by atoms with van der Waals surface area (Å²) in [7, 11) is 6.29. The van der Waals surface area contributed by atoms with Crippen LogP contribution in [-0.2, 0) is 19.1 Å². The zero-order valence-corrected chi connectivity index (χ0v) is 23.8. The maximum atomic E-state index is 10.6. The second-order valence-corrected chi connectivity index (χ2v) is 9.56. The molecule has 0 aliphatic carbocycles. The molecule has 3 N–H and O–H groups in total. The summed E-state index contributed by atoms with van der Waals surface area (Å²) in [5.74, 6) is -5.58. The number of carbonyl (C=O) groups is 3. The molecule has 0 bridgehead atoms. The molecule has 254 valence electrons. The molecule has 0 amide bonds. The zero-order valence-electron chi connectivity index (χ0n) is 23.8. The van der Waals surface area contributed by atoms with E-state index < -0.39 is 36.4 Å². The normalized spacial score (nSPS) is 17.8. The van der Waals surface area contributed by atoms with Crippen molar-refractivity contribution in [1.82, 2.24) is 14.9 Å². The molecule has 1 spiro atoms. The number of anilines is 2. The minimum absolute atomic E-state index is 0.295. The molecule has 44 heavy (non-hydrogen) atoms. The van der Waals surface area contributed by atoms with Crippen LogP contribution in [-0.4, -0.2) is 126 Å². The Morgan fingerprint density at radius 1 is 0.932 bits per heavy atom. The van der Waals surface area contributed by atoms with Gasteiger partial charge in [0.15, 0.2) is 0 Å². The highest BCUT2D eigenvalue weighted by molar-refractivity contribution is 5.73. The predicted molar refractivity (Wildman–Crippen MR) is 134 cm³/mol. The van der Waals surface area contributed by atoms with Crippen LogP contribution in [0.15, 0.2) is 12.4 Å². The molecular formula is C23H32F9N5O7. The van der Waals surface area contributed by atoms with Crippen molar-refractivity contribution >= 4 is 29.5 Å². The number of nitrogens with zero attached hydrogens (tertiary/aromatic N) is 5. The summed E-state index contributed by atoms with van der Waals surface area (Å²) in [6.07, 6.45) is -11.1. The summed E-state index contributed by atoms with van der Waals surface area (Å²) in [6, 6.07) is 2.08. The standard InChI is InChI=1S/C17H29N5O.3C2HF3O2/c1-5-23-10-14-6-7-21(4)17(9-14)11-22(12-17)16-8-15(20(2)3)18-13-19-16;3*3-2(4,5)1(6)7/h8,13-14H,5-7,9-12H2,1-4H3;3*(H,6,7). The Morgan fingerprint density at radius 2 is 1.36 bits per heavy atom. The second-order valence-electron chi connectivity index (χ2n) is 9.56. The number of alkyl halides is 9. The number of likely N-dealkylation sites (N-methyl/N-ethyl adjacent to an activating group) is 1. The van der Waals surface area contributed by atoms with E-state index in [2.05, 4.69) is 39.8 Å². The number of halogens is 9. The molecule has 3 heterocycles. The largest absolute Gasteiger partial charge is 0.490 e. The van der Waals surface area contributed by atoms with Gasteiger partial charge in [-0.05, 0) is 39.3 Å². The van der Waals surface area contributed by atoms with Crippen LogP contribution in [0.4, 0.5) is 51.1 Å². The number of ether oxygens (including phenoxy) is 1. The quantitative estimate of drug-likeness (QED) is 0.396. The van der Waals surface area contributed by atoms with Gasteiger partial charge >= 0.3 is 36.4 Å². The second kappa shape index (κ2) is 16.5. The first kappa shape index (κ1) is 40.4. The van der Waals surface area contributed by atoms with Gasteiger partial charge in [-0.2, -0.15) is 39.5 Å². The van der Waals surface area contributed by atoms with E-state index in [9.17, 15) is 39.5 Å². The van der Waals surface area contributed by atoms with E-state index in [1.54, 1.807) is 6.33 Å². The highest BCUT2D eigenvalue weighted by atomic mass is 19.4. The highest BCUT2D eigenvalue weighted by Gasteiger charge is 2.50. The minimum atomic E-state index is -5.08. The van der Waals surface area contributed by atoms with Gasteiger partial charge < -0.3 is 29.9 Å². The highest BCUT2D eigenvalue weighted by Crippen LogP contribution is 2.40. The van der Waals surface area contributed by atoms with Crippen LogP contribution in [0, 0.1) is 5.92 Å². The molecule has 2 aliphatic rings. The fraction of sp³-hybridized carbons (Fsp3) is 0.696. The van der Waals surface area contributed by atoms with Crippen molar-refractivity contribution in [2.24, 2.45) is 5.92 Å². The van der Waals surface area contributed by atoms with E-state index in [-0.39, 0.29) is 0 Å². The van der Waals surface area contributed by atoms with Crippen LogP contribution in [0.25, 0.3) is 0 Å². The Labute approximate surface area is 245 Å². The Bertz CT molecular complexity index is 1020. The third-order valence-electron chi connectivity index (χ3n) is 6.03. The maximum absolute atomic E-state index is 10.6. The molecule has 2 aliphatic heterocycles. The van der Waals surface area contributed by atoms with Gasteiger partial charge in [0, 0.05) is 46.5 Å². The van der Waals surface area contributed by atoms with Crippen LogP contribution in [0.2, 0.25) is 0 Å². The summed E-state index contributed by atoms with van der Waals surface area (Å²) in [5, 5.41) is 21.4. The predicted octanol–water partition coefficient (Wildman–Crippen LogP) is 3.38. The third kappa shape index (κ3) is 13.8. The first-order chi connectivity index (χ1) is 19.9. The molecule has 3 rings (SSSR count). The van der Waals surface area contributed by atoms with Gasteiger partial charge in [-0.1, -0.05) is 0 Å². The number of rotatable bonds is 5. The van der Waals surface area contributed by atoms with Crippen molar-refractivity contribution in [3.8, 4) is 0 Å². The van der Waals surface area contributed by atoms with Crippen LogP contribution < -0.4 is 9.80 Å². The fourth-order valence-electron chi connectivity index (χ4n) is 3.79. The van der Waals surface area contributed by atoms with Crippen molar-refractivity contribution in [1.29, 1.82) is 0 Å². The summed E-state index contributed by atoms with van der Waals surface area (Å²) in [4.78, 5) is 42.4. The Hall–Kier alpha value is -3.62. The third-order valence-corrected chi connectivity index (χ3v) is 6.03. The molecule has 1 aromatic heterocycles. The molecular weight excluding hydrogens is 629 g/mol. The Kier molecular flexibility index (Phi) is 15.1. The van der Waals surface area contributed by atoms with E-state index in [0.717, 1.165) is 44.5 Å². The zero-order chi connectivity index (χ0) is 34.7. The van der Waals surface area contributed by atoms with Gasteiger partial charge in [0.25, 0.3) is 0 Å². The lowest BCUT2D eigenvalue weighted by molar-refractivity contribution is -0.193. The molecule has 21 heteroatoms. The van der Waals surface area contributed by atoms with Crippen molar-refractivity contribution in [2.75, 3.05) is 63.8 Å². The lowest BCUT2D eigenvalue weighted by Gasteiger charge is -2.59. The average Bonchev–Trinajstić information content (AvgIpc) is 2.86.